The van der Waals surface area contributed by atoms with E-state index in [1.54, 1.807) is 7.11 Å². The molecule has 1 aromatic carbocycles. The van der Waals surface area contributed by atoms with Crippen molar-refractivity contribution in [1.29, 1.82) is 0 Å². The fourth-order valence-corrected chi connectivity index (χ4v) is 2.96. The molecule has 2 unspecified atom stereocenters. The average molecular weight is 247 g/mol. The second-order valence-electron chi connectivity index (χ2n) is 6.14. The molecule has 1 aromatic rings. The highest BCUT2D eigenvalue weighted by atomic mass is 16.5. The Kier molecular flexibility index (Phi) is 4.08. The van der Waals surface area contributed by atoms with Crippen LogP contribution < -0.4 is 5.32 Å². The van der Waals surface area contributed by atoms with Gasteiger partial charge in [-0.25, -0.2) is 0 Å². The van der Waals surface area contributed by atoms with Gasteiger partial charge in [0.25, 0.3) is 0 Å². The molecule has 0 fully saturated rings. The first kappa shape index (κ1) is 13.6. The third-order valence-electron chi connectivity index (χ3n) is 4.05. The summed E-state index contributed by atoms with van der Waals surface area (Å²) in [6.07, 6.45) is 2.43. The fraction of sp³-hybridized carbons (Fsp3) is 0.625. The molecule has 2 atom stereocenters. The number of methoxy groups -OCH3 is 1. The van der Waals surface area contributed by atoms with Gasteiger partial charge in [0.2, 0.25) is 0 Å². The molecule has 0 aliphatic heterocycles. The zero-order valence-electron chi connectivity index (χ0n) is 12.0. The Hall–Kier alpha value is -0.860. The van der Waals surface area contributed by atoms with Gasteiger partial charge in [-0.3, -0.25) is 0 Å². The van der Waals surface area contributed by atoms with Crippen LogP contribution in [0.15, 0.2) is 24.3 Å². The Labute approximate surface area is 111 Å². The van der Waals surface area contributed by atoms with Gasteiger partial charge in [-0.2, -0.15) is 0 Å². The number of rotatable bonds is 4. The van der Waals surface area contributed by atoms with Gasteiger partial charge >= 0.3 is 0 Å². The number of ether oxygens (including phenoxy) is 1. The maximum atomic E-state index is 5.24. The van der Waals surface area contributed by atoms with E-state index in [0.717, 1.165) is 6.61 Å². The first-order chi connectivity index (χ1) is 8.54. The van der Waals surface area contributed by atoms with Crippen molar-refractivity contribution in [2.75, 3.05) is 13.7 Å². The van der Waals surface area contributed by atoms with Gasteiger partial charge in [0, 0.05) is 19.2 Å². The zero-order chi connectivity index (χ0) is 13.2. The van der Waals surface area contributed by atoms with E-state index >= 15 is 0 Å². The predicted molar refractivity (Wildman–Crippen MR) is 75.8 cm³/mol. The Balaban J connectivity index is 2.24. The predicted octanol–water partition coefficient (Wildman–Crippen LogP) is 3.32. The summed E-state index contributed by atoms with van der Waals surface area (Å²) in [5.41, 5.74) is 3.27. The molecule has 2 heteroatoms. The minimum absolute atomic E-state index is 0.302. The Morgan fingerprint density at radius 3 is 2.83 bits per heavy atom. The molecule has 0 amide bonds. The lowest BCUT2D eigenvalue weighted by atomic mass is 9.70. The summed E-state index contributed by atoms with van der Waals surface area (Å²) in [6.45, 7) is 7.67. The lowest BCUT2D eigenvalue weighted by molar-refractivity contribution is 0.136. The van der Waals surface area contributed by atoms with Crippen molar-refractivity contribution in [3.63, 3.8) is 0 Å². The molecule has 0 bridgehead atoms. The molecule has 0 heterocycles. The van der Waals surface area contributed by atoms with Gasteiger partial charge < -0.3 is 10.1 Å². The molecule has 0 spiro atoms. The molecular formula is C16H25NO. The van der Waals surface area contributed by atoms with Crippen molar-refractivity contribution in [1.82, 2.24) is 5.32 Å². The van der Waals surface area contributed by atoms with Crippen LogP contribution in [0.5, 0.6) is 0 Å². The topological polar surface area (TPSA) is 21.3 Å². The van der Waals surface area contributed by atoms with Gasteiger partial charge in [-0.15, -0.1) is 0 Å². The van der Waals surface area contributed by atoms with Crippen molar-refractivity contribution < 1.29 is 4.74 Å². The quantitative estimate of drug-likeness (QED) is 0.881. The Morgan fingerprint density at radius 1 is 1.39 bits per heavy atom. The van der Waals surface area contributed by atoms with Crippen LogP contribution >= 0.6 is 0 Å². The van der Waals surface area contributed by atoms with Crippen LogP contribution in [-0.4, -0.2) is 19.8 Å². The maximum absolute atomic E-state index is 5.24. The van der Waals surface area contributed by atoms with Crippen LogP contribution in [0.4, 0.5) is 0 Å². The summed E-state index contributed by atoms with van der Waals surface area (Å²) in [6, 6.07) is 9.63. The van der Waals surface area contributed by atoms with Crippen molar-refractivity contribution in [2.24, 2.45) is 5.41 Å². The highest BCUT2D eigenvalue weighted by Crippen LogP contribution is 2.43. The van der Waals surface area contributed by atoms with E-state index in [-0.39, 0.29) is 0 Å². The van der Waals surface area contributed by atoms with Crippen LogP contribution in [0.25, 0.3) is 0 Å². The molecule has 0 saturated heterocycles. The largest absolute Gasteiger partial charge is 0.383 e. The molecule has 0 saturated carbocycles. The average Bonchev–Trinajstić information content (AvgIpc) is 2.33. The summed E-state index contributed by atoms with van der Waals surface area (Å²) in [5, 5.41) is 3.74. The van der Waals surface area contributed by atoms with Gasteiger partial charge in [0.1, 0.15) is 0 Å². The highest BCUT2D eigenvalue weighted by Gasteiger charge is 2.36. The number of benzene rings is 1. The summed E-state index contributed by atoms with van der Waals surface area (Å²) < 4.78 is 5.24. The standard InChI is InChI=1S/C16H25NO/c1-12(11-18-4)17-15-14-8-6-5-7-13(14)9-10-16(15,2)3/h5-8,12,15,17H,9-11H2,1-4H3. The molecule has 0 aromatic heterocycles. The summed E-state index contributed by atoms with van der Waals surface area (Å²) in [7, 11) is 1.76. The fourth-order valence-electron chi connectivity index (χ4n) is 2.96. The molecular weight excluding hydrogens is 222 g/mol. The maximum Gasteiger partial charge on any atom is 0.0613 e. The number of hydrogen-bond acceptors (Lipinski definition) is 2. The van der Waals surface area contributed by atoms with Crippen molar-refractivity contribution in [3.8, 4) is 0 Å². The van der Waals surface area contributed by atoms with Gasteiger partial charge in [0.05, 0.1) is 6.61 Å². The number of nitrogens with one attached hydrogen (secondary N) is 1. The van der Waals surface area contributed by atoms with Crippen LogP contribution in [0, 0.1) is 5.41 Å². The van der Waals surface area contributed by atoms with Gasteiger partial charge in [0.15, 0.2) is 0 Å². The first-order valence-corrected chi connectivity index (χ1v) is 6.87. The lowest BCUT2D eigenvalue weighted by Gasteiger charge is -2.42. The van der Waals surface area contributed by atoms with Crippen LogP contribution in [0.3, 0.4) is 0 Å². The number of hydrogen-bond donors (Lipinski definition) is 1. The number of aryl methyl sites for hydroxylation is 1. The molecule has 2 nitrogen and oxygen atoms in total. The van der Waals surface area contributed by atoms with Crippen molar-refractivity contribution in [2.45, 2.75) is 45.7 Å². The van der Waals surface area contributed by atoms with Crippen molar-refractivity contribution >= 4 is 0 Å². The molecule has 1 aliphatic rings. The summed E-state index contributed by atoms with van der Waals surface area (Å²) in [4.78, 5) is 0. The number of fused-ring (bicyclic) bond motifs is 1. The minimum atomic E-state index is 0.302. The summed E-state index contributed by atoms with van der Waals surface area (Å²) in [5.74, 6) is 0. The Bertz CT molecular complexity index is 400. The van der Waals surface area contributed by atoms with E-state index in [2.05, 4.69) is 50.4 Å². The SMILES string of the molecule is COCC(C)NC1c2ccccc2CCC1(C)C. The monoisotopic (exact) mass is 247 g/mol. The minimum Gasteiger partial charge on any atom is -0.383 e. The van der Waals surface area contributed by atoms with Crippen LogP contribution in [-0.2, 0) is 11.2 Å². The van der Waals surface area contributed by atoms with Crippen LogP contribution in [0.2, 0.25) is 0 Å². The van der Waals surface area contributed by atoms with Gasteiger partial charge in [-0.1, -0.05) is 38.1 Å². The summed E-state index contributed by atoms with van der Waals surface area (Å²) >= 11 is 0. The third-order valence-corrected chi connectivity index (χ3v) is 4.05. The van der Waals surface area contributed by atoms with E-state index in [4.69, 9.17) is 4.74 Å². The van der Waals surface area contributed by atoms with Crippen molar-refractivity contribution in [3.05, 3.63) is 35.4 Å². The Morgan fingerprint density at radius 2 is 2.11 bits per heavy atom. The first-order valence-electron chi connectivity index (χ1n) is 6.87. The zero-order valence-corrected chi connectivity index (χ0v) is 12.0. The molecule has 1 N–H and O–H groups in total. The normalized spacial score (nSPS) is 23.4. The molecule has 2 rings (SSSR count). The van der Waals surface area contributed by atoms with E-state index < -0.39 is 0 Å². The molecule has 18 heavy (non-hydrogen) atoms. The van der Waals surface area contributed by atoms with E-state index in [1.165, 1.54) is 24.0 Å². The smallest absolute Gasteiger partial charge is 0.0613 e. The second-order valence-corrected chi connectivity index (χ2v) is 6.14. The molecule has 1 aliphatic carbocycles. The van der Waals surface area contributed by atoms with Gasteiger partial charge in [-0.05, 0) is 36.3 Å². The third kappa shape index (κ3) is 2.76. The van der Waals surface area contributed by atoms with E-state index in [0.29, 0.717) is 17.5 Å². The van der Waals surface area contributed by atoms with E-state index in [1.807, 2.05) is 0 Å². The lowest BCUT2D eigenvalue weighted by Crippen LogP contribution is -2.43. The molecule has 0 radical (unpaired) electrons. The second kappa shape index (κ2) is 5.41. The van der Waals surface area contributed by atoms with E-state index in [9.17, 15) is 0 Å². The van der Waals surface area contributed by atoms with Crippen LogP contribution in [0.1, 0.15) is 44.4 Å². The highest BCUT2D eigenvalue weighted by molar-refractivity contribution is 5.34. The molecule has 100 valence electrons.